The molecule has 1 spiro atoms. The van der Waals surface area contributed by atoms with Gasteiger partial charge in [0.2, 0.25) is 5.91 Å². The summed E-state index contributed by atoms with van der Waals surface area (Å²) in [5.41, 5.74) is 0.729. The third-order valence-electron chi connectivity index (χ3n) is 8.42. The maximum atomic E-state index is 14.1. The van der Waals surface area contributed by atoms with Crippen LogP contribution in [0.2, 0.25) is 0 Å². The van der Waals surface area contributed by atoms with Gasteiger partial charge in [0.15, 0.2) is 0 Å². The molecule has 0 bridgehead atoms. The number of allylic oxidation sites excluding steroid dienone is 2. The minimum absolute atomic E-state index is 0.143. The summed E-state index contributed by atoms with van der Waals surface area (Å²) in [6.45, 7) is 12.1. The lowest BCUT2D eigenvalue weighted by Gasteiger charge is -2.52. The van der Waals surface area contributed by atoms with Crippen LogP contribution in [-0.4, -0.2) is 35.2 Å². The molecule has 1 aromatic carbocycles. The van der Waals surface area contributed by atoms with Crippen molar-refractivity contribution in [3.05, 3.63) is 72.4 Å². The van der Waals surface area contributed by atoms with Gasteiger partial charge in [-0.15, -0.1) is 0 Å². The molecule has 5 nitrogen and oxygen atoms in total. The van der Waals surface area contributed by atoms with Crippen LogP contribution in [0.25, 0.3) is 0 Å². The summed E-state index contributed by atoms with van der Waals surface area (Å²) in [6.07, 6.45) is 8.90. The number of hydrogen-bond donors (Lipinski definition) is 2. The molecule has 1 aromatic rings. The topological polar surface area (TPSA) is 75.6 Å². The minimum atomic E-state index is -1.13. The maximum Gasteiger partial charge on any atom is 0.303 e. The molecule has 1 amide bonds. The molecule has 9 atom stereocenters. The van der Waals surface area contributed by atoms with Crippen LogP contribution in [-0.2, 0) is 20.7 Å². The monoisotopic (exact) mass is 477 g/mol. The summed E-state index contributed by atoms with van der Waals surface area (Å²) in [7, 11) is 0. The molecular weight excluding hydrogens is 438 g/mol. The fourth-order valence-electron chi connectivity index (χ4n) is 6.85. The van der Waals surface area contributed by atoms with E-state index >= 15 is 0 Å². The van der Waals surface area contributed by atoms with Crippen molar-refractivity contribution in [2.75, 3.05) is 0 Å². The standard InChI is InChI=1S/C30H39NO4/c1-18-10-9-13-24-28(33)21(4)20(3)27-25(17-23-11-7-6-8-12-23)31-29(34)30(24,27)26(35-22(5)32)15-14-19(2)16-18/h6-9,11-15,18-20,24-28,33H,4,10,16-17H2,1-3,5H3,(H,31,34)/b13-9+,15-14+/t18?,19-,20+,24-,25-,26+,27-,28+,30+/m0/s1. The first kappa shape index (κ1) is 25.4. The Hall–Kier alpha value is -2.66. The highest BCUT2D eigenvalue weighted by atomic mass is 16.5. The number of nitrogens with one attached hydrogen (secondary N) is 1. The van der Waals surface area contributed by atoms with Gasteiger partial charge in [0.1, 0.15) is 11.5 Å². The number of esters is 1. The Kier molecular flexibility index (Phi) is 7.37. The van der Waals surface area contributed by atoms with Gasteiger partial charge >= 0.3 is 5.97 Å². The lowest BCUT2D eigenvalue weighted by atomic mass is 9.51. The number of rotatable bonds is 3. The van der Waals surface area contributed by atoms with Crippen LogP contribution in [0, 0.1) is 35.0 Å². The van der Waals surface area contributed by atoms with E-state index in [1.165, 1.54) is 6.92 Å². The fraction of sp³-hybridized carbons (Fsp3) is 0.533. The van der Waals surface area contributed by atoms with E-state index in [4.69, 9.17) is 4.74 Å². The molecule has 1 saturated carbocycles. The van der Waals surface area contributed by atoms with Crippen molar-refractivity contribution in [2.45, 2.75) is 65.2 Å². The molecule has 2 aliphatic carbocycles. The molecule has 2 fully saturated rings. The summed E-state index contributed by atoms with van der Waals surface area (Å²) in [4.78, 5) is 26.5. The third kappa shape index (κ3) is 4.63. The van der Waals surface area contributed by atoms with Gasteiger partial charge in [0.05, 0.1) is 6.10 Å². The molecule has 1 heterocycles. The van der Waals surface area contributed by atoms with Gasteiger partial charge in [-0.05, 0) is 54.2 Å². The number of aliphatic hydroxyl groups is 1. The molecule has 2 N–H and O–H groups in total. The smallest absolute Gasteiger partial charge is 0.303 e. The van der Waals surface area contributed by atoms with Gasteiger partial charge < -0.3 is 15.2 Å². The average Bonchev–Trinajstić information content (AvgIpc) is 3.08. The summed E-state index contributed by atoms with van der Waals surface area (Å²) < 4.78 is 5.95. The number of carbonyl (C=O) groups is 2. The van der Waals surface area contributed by atoms with Crippen LogP contribution in [0.3, 0.4) is 0 Å². The van der Waals surface area contributed by atoms with E-state index in [0.29, 0.717) is 12.3 Å². The second-order valence-corrected chi connectivity index (χ2v) is 11.0. The number of carbonyl (C=O) groups excluding carboxylic acids is 2. The molecule has 5 heteroatoms. The van der Waals surface area contributed by atoms with Crippen LogP contribution in [0.4, 0.5) is 0 Å². The van der Waals surface area contributed by atoms with Gasteiger partial charge in [-0.25, -0.2) is 0 Å². The Bertz CT molecular complexity index is 1010. The second kappa shape index (κ2) is 10.1. The van der Waals surface area contributed by atoms with Crippen LogP contribution < -0.4 is 5.32 Å². The van der Waals surface area contributed by atoms with E-state index < -0.39 is 29.5 Å². The highest BCUT2D eigenvalue weighted by Gasteiger charge is 2.68. The zero-order valence-electron chi connectivity index (χ0n) is 21.3. The van der Waals surface area contributed by atoms with E-state index in [1.54, 1.807) is 0 Å². The number of ether oxygens (including phenoxy) is 1. The molecule has 4 rings (SSSR count). The van der Waals surface area contributed by atoms with E-state index in [0.717, 1.165) is 24.0 Å². The predicted octanol–water partition coefficient (Wildman–Crippen LogP) is 4.62. The first-order valence-corrected chi connectivity index (χ1v) is 12.9. The van der Waals surface area contributed by atoms with Gasteiger partial charge in [-0.3, -0.25) is 9.59 Å². The van der Waals surface area contributed by atoms with Crippen molar-refractivity contribution in [2.24, 2.45) is 35.0 Å². The highest BCUT2D eigenvalue weighted by Crippen LogP contribution is 2.58. The van der Waals surface area contributed by atoms with Crippen molar-refractivity contribution in [3.63, 3.8) is 0 Å². The molecule has 188 valence electrons. The van der Waals surface area contributed by atoms with E-state index in [2.05, 4.69) is 50.0 Å². The van der Waals surface area contributed by atoms with Crippen molar-refractivity contribution in [1.82, 2.24) is 5.32 Å². The summed E-state index contributed by atoms with van der Waals surface area (Å²) >= 11 is 0. The predicted molar refractivity (Wildman–Crippen MR) is 137 cm³/mol. The molecule has 1 unspecified atom stereocenters. The third-order valence-corrected chi connectivity index (χ3v) is 8.42. The zero-order chi connectivity index (χ0) is 25.3. The SMILES string of the molecule is C=C1[C@@H](C)[C@H]2[C@H](Cc3ccccc3)NC(=O)[C@]23[C@H](OC(C)=O)/C=C/[C@H](C)CC(C)C/C=C/[C@H]3[C@@H]1O. The number of amides is 1. The Morgan fingerprint density at radius 3 is 2.57 bits per heavy atom. The van der Waals surface area contributed by atoms with Crippen LogP contribution in [0.1, 0.15) is 46.1 Å². The Labute approximate surface area is 209 Å². The van der Waals surface area contributed by atoms with Crippen LogP contribution >= 0.6 is 0 Å². The summed E-state index contributed by atoms with van der Waals surface area (Å²) in [6, 6.07) is 9.94. The molecule has 35 heavy (non-hydrogen) atoms. The van der Waals surface area contributed by atoms with Gasteiger partial charge in [-0.2, -0.15) is 0 Å². The van der Waals surface area contributed by atoms with Gasteiger partial charge in [0, 0.05) is 24.8 Å². The quantitative estimate of drug-likeness (QED) is 0.492. The molecule has 0 radical (unpaired) electrons. The van der Waals surface area contributed by atoms with Crippen molar-refractivity contribution >= 4 is 11.9 Å². The molecule has 3 aliphatic rings. The highest BCUT2D eigenvalue weighted by molar-refractivity contribution is 5.89. The summed E-state index contributed by atoms with van der Waals surface area (Å²) in [5.74, 6) is -0.767. The van der Waals surface area contributed by atoms with Gasteiger partial charge in [0.25, 0.3) is 0 Å². The first-order chi connectivity index (χ1) is 16.7. The molecular formula is C30H39NO4. The summed E-state index contributed by atoms with van der Waals surface area (Å²) in [5, 5.41) is 14.8. The lowest BCUT2D eigenvalue weighted by Crippen LogP contribution is -2.60. The van der Waals surface area contributed by atoms with E-state index in [9.17, 15) is 14.7 Å². The Morgan fingerprint density at radius 2 is 1.89 bits per heavy atom. The Morgan fingerprint density at radius 1 is 1.17 bits per heavy atom. The fourth-order valence-corrected chi connectivity index (χ4v) is 6.85. The minimum Gasteiger partial charge on any atom is -0.457 e. The van der Waals surface area contributed by atoms with Crippen molar-refractivity contribution in [3.8, 4) is 0 Å². The lowest BCUT2D eigenvalue weighted by molar-refractivity contribution is -0.166. The number of aliphatic hydroxyl groups excluding tert-OH is 1. The number of benzene rings is 1. The second-order valence-electron chi connectivity index (χ2n) is 11.0. The maximum absolute atomic E-state index is 14.1. The molecule has 0 aromatic heterocycles. The first-order valence-electron chi connectivity index (χ1n) is 12.9. The largest absolute Gasteiger partial charge is 0.457 e. The van der Waals surface area contributed by atoms with Crippen LogP contribution in [0.15, 0.2) is 66.8 Å². The van der Waals surface area contributed by atoms with Crippen molar-refractivity contribution in [1.29, 1.82) is 0 Å². The normalized spacial score (nSPS) is 41.1. The van der Waals surface area contributed by atoms with Gasteiger partial charge in [-0.1, -0.05) is 75.9 Å². The zero-order valence-corrected chi connectivity index (χ0v) is 21.3. The average molecular weight is 478 g/mol. The van der Waals surface area contributed by atoms with Crippen LogP contribution in [0.5, 0.6) is 0 Å². The van der Waals surface area contributed by atoms with E-state index in [1.807, 2.05) is 37.3 Å². The van der Waals surface area contributed by atoms with E-state index in [-0.39, 0.29) is 29.7 Å². The molecule has 1 aliphatic heterocycles. The Balaban J connectivity index is 1.90. The van der Waals surface area contributed by atoms with Crippen molar-refractivity contribution < 1.29 is 19.4 Å². The number of hydrogen-bond acceptors (Lipinski definition) is 4. The molecule has 1 saturated heterocycles.